The number of benzene rings is 1. The van der Waals surface area contributed by atoms with Gasteiger partial charge in [0.05, 0.1) is 19.3 Å². The Hall–Kier alpha value is -1.59. The van der Waals surface area contributed by atoms with Crippen LogP contribution in [0.5, 0.6) is 5.75 Å². The third kappa shape index (κ3) is 3.59. The van der Waals surface area contributed by atoms with Gasteiger partial charge in [0.1, 0.15) is 5.75 Å². The van der Waals surface area contributed by atoms with E-state index in [-0.39, 0.29) is 11.7 Å². The molecule has 2 fully saturated rings. The van der Waals surface area contributed by atoms with Crippen LogP contribution in [-0.2, 0) is 16.0 Å². The quantitative estimate of drug-likeness (QED) is 0.909. The van der Waals surface area contributed by atoms with Crippen molar-refractivity contribution in [3.63, 3.8) is 0 Å². The van der Waals surface area contributed by atoms with Gasteiger partial charge in [-0.1, -0.05) is 12.1 Å². The Balaban J connectivity index is 1.58. The molecule has 1 N–H and O–H groups in total. The molecule has 3 rings (SSSR count). The monoisotopic (exact) mass is 304 g/mol. The van der Waals surface area contributed by atoms with Gasteiger partial charge in [-0.05, 0) is 31.2 Å². The van der Waals surface area contributed by atoms with E-state index in [0.29, 0.717) is 18.4 Å². The summed E-state index contributed by atoms with van der Waals surface area (Å²) in [4.78, 5) is 16.9. The number of hydrogen-bond donors (Lipinski definition) is 1. The maximum Gasteiger partial charge on any atom is 0.222 e. The zero-order chi connectivity index (χ0) is 15.5. The highest BCUT2D eigenvalue weighted by atomic mass is 16.5. The van der Waals surface area contributed by atoms with Crippen LogP contribution in [0.15, 0.2) is 24.3 Å². The number of hydrogen-bond acceptors (Lipinski definition) is 4. The molecule has 0 saturated carbocycles. The number of ether oxygens (including phenoxy) is 1. The molecule has 0 unspecified atom stereocenters. The van der Waals surface area contributed by atoms with E-state index >= 15 is 0 Å². The molecule has 2 bridgehead atoms. The van der Waals surface area contributed by atoms with E-state index < -0.39 is 0 Å². The van der Waals surface area contributed by atoms with Crippen LogP contribution in [0.1, 0.15) is 12.0 Å². The second-order valence-electron chi connectivity index (χ2n) is 6.46. The Morgan fingerprint density at radius 1 is 1.23 bits per heavy atom. The van der Waals surface area contributed by atoms with Crippen molar-refractivity contribution in [2.24, 2.45) is 5.92 Å². The van der Waals surface area contributed by atoms with E-state index in [1.807, 2.05) is 17.0 Å². The van der Waals surface area contributed by atoms with Crippen LogP contribution < -0.4 is 0 Å². The Kier molecular flexibility index (Phi) is 4.64. The van der Waals surface area contributed by atoms with E-state index in [1.54, 1.807) is 12.1 Å². The third-order valence-electron chi connectivity index (χ3n) is 4.66. The lowest BCUT2D eigenvalue weighted by atomic mass is 10.1. The fourth-order valence-electron chi connectivity index (χ4n) is 3.33. The summed E-state index contributed by atoms with van der Waals surface area (Å²) in [5.41, 5.74) is 1.08. The van der Waals surface area contributed by atoms with Crippen molar-refractivity contribution in [3.8, 4) is 5.75 Å². The van der Waals surface area contributed by atoms with Crippen LogP contribution in [0.2, 0.25) is 0 Å². The third-order valence-corrected chi connectivity index (χ3v) is 4.66. The van der Waals surface area contributed by atoms with E-state index in [4.69, 9.17) is 4.74 Å². The molecule has 2 aliphatic rings. The fourth-order valence-corrected chi connectivity index (χ4v) is 3.33. The van der Waals surface area contributed by atoms with Gasteiger partial charge in [-0.25, -0.2) is 0 Å². The summed E-state index contributed by atoms with van der Waals surface area (Å²) in [6.45, 7) is 4.04. The summed E-state index contributed by atoms with van der Waals surface area (Å²) in [6.07, 6.45) is 1.24. The molecule has 1 aromatic rings. The van der Waals surface area contributed by atoms with Crippen molar-refractivity contribution in [1.82, 2.24) is 9.80 Å². The van der Waals surface area contributed by atoms with Crippen molar-refractivity contribution in [1.29, 1.82) is 0 Å². The first-order valence-corrected chi connectivity index (χ1v) is 7.95. The zero-order valence-electron chi connectivity index (χ0n) is 13.1. The number of likely N-dealkylation sites (N-methyl/N-ethyl adjacent to an activating group) is 1. The molecule has 1 aromatic carbocycles. The predicted molar refractivity (Wildman–Crippen MR) is 83.7 cm³/mol. The molecular formula is C17H24N2O3. The molecular weight excluding hydrogens is 280 g/mol. The number of rotatable bonds is 3. The van der Waals surface area contributed by atoms with Gasteiger partial charge >= 0.3 is 0 Å². The van der Waals surface area contributed by atoms with Crippen LogP contribution in [0.4, 0.5) is 0 Å². The van der Waals surface area contributed by atoms with Gasteiger partial charge in [0.15, 0.2) is 0 Å². The van der Waals surface area contributed by atoms with Crippen molar-refractivity contribution in [3.05, 3.63) is 29.8 Å². The molecule has 1 amide bonds. The summed E-state index contributed by atoms with van der Waals surface area (Å²) < 4.78 is 5.70. The van der Waals surface area contributed by atoms with Crippen LogP contribution in [0, 0.1) is 5.92 Å². The summed E-state index contributed by atoms with van der Waals surface area (Å²) in [5, 5.41) is 9.29. The molecule has 0 aromatic heterocycles. The van der Waals surface area contributed by atoms with E-state index in [0.717, 1.165) is 44.8 Å². The number of nitrogens with zero attached hydrogens (tertiary/aromatic N) is 2. The summed E-state index contributed by atoms with van der Waals surface area (Å²) in [7, 11) is 2.12. The van der Waals surface area contributed by atoms with Crippen molar-refractivity contribution < 1.29 is 14.6 Å². The van der Waals surface area contributed by atoms with Crippen molar-refractivity contribution in [2.45, 2.75) is 18.9 Å². The number of carbonyl (C=O) groups is 1. The SMILES string of the molecule is CN1C[C@H]2COC[C@@H]1CN(C(=O)CCc1ccc(O)cc1)C2. The summed E-state index contributed by atoms with van der Waals surface area (Å²) in [5.74, 6) is 0.897. The maximum atomic E-state index is 12.5. The van der Waals surface area contributed by atoms with Crippen molar-refractivity contribution in [2.75, 3.05) is 39.9 Å². The molecule has 0 aliphatic carbocycles. The van der Waals surface area contributed by atoms with Gasteiger partial charge in [-0.15, -0.1) is 0 Å². The molecule has 0 radical (unpaired) electrons. The topological polar surface area (TPSA) is 53.0 Å². The molecule has 2 heterocycles. The zero-order valence-corrected chi connectivity index (χ0v) is 13.1. The standard InChI is InChI=1S/C17H24N2O3/c1-18-8-14-9-19(10-15(18)12-22-11-14)17(21)7-4-13-2-5-16(20)6-3-13/h2-3,5-6,14-15,20H,4,7-12H2,1H3/t14-,15+/m1/s1. The van der Waals surface area contributed by atoms with Gasteiger partial charge in [-0.3, -0.25) is 9.69 Å². The molecule has 0 spiro atoms. The van der Waals surface area contributed by atoms with Gasteiger partial charge in [0, 0.05) is 32.0 Å². The highest BCUT2D eigenvalue weighted by Gasteiger charge is 2.32. The van der Waals surface area contributed by atoms with Crippen LogP contribution >= 0.6 is 0 Å². The normalized spacial score (nSPS) is 25.8. The van der Waals surface area contributed by atoms with Gasteiger partial charge in [0.25, 0.3) is 0 Å². The maximum absolute atomic E-state index is 12.5. The van der Waals surface area contributed by atoms with Crippen molar-refractivity contribution >= 4 is 5.91 Å². The number of phenols is 1. The highest BCUT2D eigenvalue weighted by molar-refractivity contribution is 5.76. The predicted octanol–water partition coefficient (Wildman–Crippen LogP) is 1.11. The minimum Gasteiger partial charge on any atom is -0.508 e. The number of carbonyl (C=O) groups excluding carboxylic acids is 1. The van der Waals surface area contributed by atoms with E-state index in [2.05, 4.69) is 11.9 Å². The largest absolute Gasteiger partial charge is 0.508 e. The Morgan fingerprint density at radius 3 is 2.77 bits per heavy atom. The second kappa shape index (κ2) is 6.67. The van der Waals surface area contributed by atoms with Crippen LogP contribution in [0.3, 0.4) is 0 Å². The van der Waals surface area contributed by atoms with E-state index in [1.165, 1.54) is 0 Å². The van der Waals surface area contributed by atoms with Crippen LogP contribution in [0.25, 0.3) is 0 Å². The lowest BCUT2D eigenvalue weighted by Crippen LogP contribution is -2.44. The first-order valence-electron chi connectivity index (χ1n) is 7.95. The summed E-state index contributed by atoms with van der Waals surface area (Å²) in [6, 6.07) is 7.40. The van der Waals surface area contributed by atoms with Gasteiger partial charge in [0.2, 0.25) is 5.91 Å². The fraction of sp³-hybridized carbons (Fsp3) is 0.588. The number of aryl methyl sites for hydroxylation is 1. The second-order valence-corrected chi connectivity index (χ2v) is 6.46. The smallest absolute Gasteiger partial charge is 0.222 e. The molecule has 2 saturated heterocycles. The highest BCUT2D eigenvalue weighted by Crippen LogP contribution is 2.19. The minimum absolute atomic E-state index is 0.222. The number of phenolic OH excluding ortho intramolecular Hbond substituents is 1. The van der Waals surface area contributed by atoms with Gasteiger partial charge in [-0.2, -0.15) is 0 Å². The minimum atomic E-state index is 0.222. The van der Waals surface area contributed by atoms with Gasteiger partial charge < -0.3 is 14.7 Å². The number of aromatic hydroxyl groups is 1. The molecule has 22 heavy (non-hydrogen) atoms. The van der Waals surface area contributed by atoms with E-state index in [9.17, 15) is 9.90 Å². The lowest BCUT2D eigenvalue weighted by Gasteiger charge is -2.29. The molecule has 5 nitrogen and oxygen atoms in total. The average Bonchev–Trinajstić information content (AvgIpc) is 2.75. The Bertz CT molecular complexity index is 517. The molecule has 2 atom stereocenters. The lowest BCUT2D eigenvalue weighted by molar-refractivity contribution is -0.133. The first kappa shape index (κ1) is 15.3. The average molecular weight is 304 g/mol. The Labute approximate surface area is 131 Å². The van der Waals surface area contributed by atoms with Crippen LogP contribution in [-0.4, -0.2) is 66.8 Å². The summed E-state index contributed by atoms with van der Waals surface area (Å²) >= 11 is 0. The molecule has 5 heteroatoms. The molecule has 2 aliphatic heterocycles. The first-order chi connectivity index (χ1) is 10.6. The Morgan fingerprint density at radius 2 is 2.00 bits per heavy atom. The number of fused-ring (bicyclic) bond motifs is 3. The molecule has 120 valence electrons. The number of amides is 1.